The van der Waals surface area contributed by atoms with E-state index in [-0.39, 0.29) is 11.7 Å². The van der Waals surface area contributed by atoms with Crippen molar-refractivity contribution < 1.29 is 9.18 Å². The summed E-state index contributed by atoms with van der Waals surface area (Å²) in [6.07, 6.45) is 3.31. The van der Waals surface area contributed by atoms with Crippen LogP contribution in [0.1, 0.15) is 16.6 Å². The molecule has 108 valence electrons. The number of thiophene rings is 1. The van der Waals surface area contributed by atoms with Crippen molar-refractivity contribution in [1.29, 1.82) is 0 Å². The first-order valence-electron chi connectivity index (χ1n) is 6.40. The molecule has 2 aromatic heterocycles. The standard InChI is InChI=1S/C14H13FN4OS/c1-2-19-7-9(6-17-19)18-14(20)13-12(16)10-5-8(15)3-4-11(10)21-13/h3-7H,2,16H2,1H3,(H,18,20). The average molecular weight is 304 g/mol. The van der Waals surface area contributed by atoms with Crippen LogP contribution in [0.3, 0.4) is 0 Å². The van der Waals surface area contributed by atoms with Gasteiger partial charge in [0.25, 0.3) is 5.91 Å². The molecule has 3 aromatic rings. The molecule has 0 bridgehead atoms. The van der Waals surface area contributed by atoms with Crippen LogP contribution < -0.4 is 11.1 Å². The first-order valence-corrected chi connectivity index (χ1v) is 7.21. The molecular formula is C14H13FN4OS. The molecule has 3 rings (SSSR count). The lowest BCUT2D eigenvalue weighted by atomic mass is 10.2. The van der Waals surface area contributed by atoms with Gasteiger partial charge in [-0.05, 0) is 25.1 Å². The van der Waals surface area contributed by atoms with Crippen LogP contribution in [0.25, 0.3) is 10.1 Å². The molecule has 5 nitrogen and oxygen atoms in total. The maximum atomic E-state index is 13.3. The fourth-order valence-corrected chi connectivity index (χ4v) is 3.04. The number of rotatable bonds is 3. The summed E-state index contributed by atoms with van der Waals surface area (Å²) in [6.45, 7) is 2.68. The van der Waals surface area contributed by atoms with Crippen LogP contribution in [-0.4, -0.2) is 15.7 Å². The molecule has 0 unspecified atom stereocenters. The molecule has 0 aliphatic rings. The van der Waals surface area contributed by atoms with Crippen molar-refractivity contribution in [3.8, 4) is 0 Å². The molecule has 0 saturated heterocycles. The maximum Gasteiger partial charge on any atom is 0.267 e. The Labute approximate surface area is 124 Å². The fourth-order valence-electron chi connectivity index (χ4n) is 2.05. The highest BCUT2D eigenvalue weighted by Gasteiger charge is 2.17. The van der Waals surface area contributed by atoms with Gasteiger partial charge in [0.1, 0.15) is 10.7 Å². The second kappa shape index (κ2) is 5.17. The minimum atomic E-state index is -0.372. The van der Waals surface area contributed by atoms with Crippen LogP contribution in [-0.2, 0) is 6.54 Å². The number of carbonyl (C=O) groups excluding carboxylic acids is 1. The Morgan fingerprint density at radius 1 is 1.52 bits per heavy atom. The quantitative estimate of drug-likeness (QED) is 0.781. The zero-order valence-corrected chi connectivity index (χ0v) is 12.1. The van der Waals surface area contributed by atoms with E-state index in [1.54, 1.807) is 23.1 Å². The van der Waals surface area contributed by atoms with Crippen molar-refractivity contribution in [2.24, 2.45) is 0 Å². The first-order chi connectivity index (χ1) is 10.1. The number of nitrogen functional groups attached to an aromatic ring is 1. The summed E-state index contributed by atoms with van der Waals surface area (Å²) in [4.78, 5) is 12.7. The van der Waals surface area contributed by atoms with Gasteiger partial charge in [-0.3, -0.25) is 9.48 Å². The summed E-state index contributed by atoms with van der Waals surface area (Å²) in [5.41, 5.74) is 6.86. The smallest absolute Gasteiger partial charge is 0.267 e. The average Bonchev–Trinajstić information content (AvgIpc) is 3.04. The molecular weight excluding hydrogens is 291 g/mol. The van der Waals surface area contributed by atoms with Gasteiger partial charge in [0.15, 0.2) is 0 Å². The van der Waals surface area contributed by atoms with Crippen molar-refractivity contribution in [2.45, 2.75) is 13.5 Å². The molecule has 3 N–H and O–H groups in total. The maximum absolute atomic E-state index is 13.3. The number of anilines is 2. The number of nitrogens with one attached hydrogen (secondary N) is 1. The lowest BCUT2D eigenvalue weighted by Crippen LogP contribution is -2.11. The molecule has 0 aliphatic heterocycles. The van der Waals surface area contributed by atoms with Gasteiger partial charge < -0.3 is 11.1 Å². The molecule has 0 radical (unpaired) electrons. The molecule has 21 heavy (non-hydrogen) atoms. The molecule has 7 heteroatoms. The molecule has 1 aromatic carbocycles. The molecule has 0 fully saturated rings. The Morgan fingerprint density at radius 3 is 3.05 bits per heavy atom. The van der Waals surface area contributed by atoms with Gasteiger partial charge >= 0.3 is 0 Å². The van der Waals surface area contributed by atoms with Gasteiger partial charge in [0, 0.05) is 22.8 Å². The van der Waals surface area contributed by atoms with Crippen molar-refractivity contribution in [3.05, 3.63) is 41.3 Å². The van der Waals surface area contributed by atoms with Crippen molar-refractivity contribution >= 4 is 38.7 Å². The zero-order chi connectivity index (χ0) is 15.0. The minimum absolute atomic E-state index is 0.301. The lowest BCUT2D eigenvalue weighted by molar-refractivity contribution is 0.103. The highest BCUT2D eigenvalue weighted by atomic mass is 32.1. The largest absolute Gasteiger partial charge is 0.397 e. The third kappa shape index (κ3) is 2.47. The van der Waals surface area contributed by atoms with E-state index in [1.165, 1.54) is 23.5 Å². The number of halogens is 1. The Bertz CT molecular complexity index is 824. The van der Waals surface area contributed by atoms with Crippen LogP contribution >= 0.6 is 11.3 Å². The van der Waals surface area contributed by atoms with E-state index in [4.69, 9.17) is 5.73 Å². The van der Waals surface area contributed by atoms with Crippen LogP contribution in [0.2, 0.25) is 0 Å². The summed E-state index contributed by atoms with van der Waals surface area (Å²) in [5, 5.41) is 7.39. The Morgan fingerprint density at radius 2 is 2.33 bits per heavy atom. The highest BCUT2D eigenvalue weighted by Crippen LogP contribution is 2.34. The number of amides is 1. The topological polar surface area (TPSA) is 72.9 Å². The van der Waals surface area contributed by atoms with E-state index in [9.17, 15) is 9.18 Å². The molecule has 1 amide bonds. The molecule has 0 spiro atoms. The number of carbonyl (C=O) groups is 1. The monoisotopic (exact) mass is 304 g/mol. The Hall–Kier alpha value is -2.41. The third-order valence-electron chi connectivity index (χ3n) is 3.11. The van der Waals surface area contributed by atoms with Gasteiger partial charge in [-0.15, -0.1) is 11.3 Å². The normalized spacial score (nSPS) is 11.0. The summed E-state index contributed by atoms with van der Waals surface area (Å²) in [5.74, 6) is -0.687. The second-order valence-electron chi connectivity index (χ2n) is 4.52. The highest BCUT2D eigenvalue weighted by molar-refractivity contribution is 7.21. The zero-order valence-electron chi connectivity index (χ0n) is 11.3. The number of aryl methyl sites for hydroxylation is 1. The van der Waals surface area contributed by atoms with Gasteiger partial charge in [-0.1, -0.05) is 0 Å². The summed E-state index contributed by atoms with van der Waals surface area (Å²) < 4.78 is 15.7. The summed E-state index contributed by atoms with van der Waals surface area (Å²) in [6, 6.07) is 4.32. The molecule has 0 saturated carbocycles. The third-order valence-corrected chi connectivity index (χ3v) is 4.30. The van der Waals surface area contributed by atoms with Crippen molar-refractivity contribution in [3.63, 3.8) is 0 Å². The lowest BCUT2D eigenvalue weighted by Gasteiger charge is -2.01. The predicted octanol–water partition coefficient (Wildman–Crippen LogP) is 3.09. The number of aromatic nitrogens is 2. The number of nitrogens with zero attached hydrogens (tertiary/aromatic N) is 2. The van der Waals surface area contributed by atoms with Gasteiger partial charge in [-0.25, -0.2) is 4.39 Å². The van der Waals surface area contributed by atoms with Crippen LogP contribution in [0.5, 0.6) is 0 Å². The van der Waals surface area contributed by atoms with E-state index in [2.05, 4.69) is 10.4 Å². The van der Waals surface area contributed by atoms with Crippen LogP contribution in [0.15, 0.2) is 30.6 Å². The van der Waals surface area contributed by atoms with E-state index in [0.717, 1.165) is 11.2 Å². The van der Waals surface area contributed by atoms with Gasteiger partial charge in [0.05, 0.1) is 17.6 Å². The van der Waals surface area contributed by atoms with Gasteiger partial charge in [-0.2, -0.15) is 5.10 Å². The van der Waals surface area contributed by atoms with Gasteiger partial charge in [0.2, 0.25) is 0 Å². The Balaban J connectivity index is 1.92. The number of benzene rings is 1. The van der Waals surface area contributed by atoms with E-state index < -0.39 is 0 Å². The Kier molecular flexibility index (Phi) is 3.34. The van der Waals surface area contributed by atoms with Crippen LogP contribution in [0.4, 0.5) is 15.8 Å². The number of fused-ring (bicyclic) bond motifs is 1. The number of nitrogens with two attached hydrogens (primary N) is 1. The van der Waals surface area contributed by atoms with E-state index >= 15 is 0 Å². The fraction of sp³-hybridized carbons (Fsp3) is 0.143. The second-order valence-corrected chi connectivity index (χ2v) is 5.58. The predicted molar refractivity (Wildman–Crippen MR) is 82.0 cm³/mol. The molecule has 2 heterocycles. The molecule has 0 atom stereocenters. The number of hydrogen-bond donors (Lipinski definition) is 2. The minimum Gasteiger partial charge on any atom is -0.397 e. The summed E-state index contributed by atoms with van der Waals surface area (Å²) >= 11 is 1.24. The van der Waals surface area contributed by atoms with Crippen molar-refractivity contribution in [2.75, 3.05) is 11.1 Å². The van der Waals surface area contributed by atoms with E-state index in [0.29, 0.717) is 21.6 Å². The SMILES string of the molecule is CCn1cc(NC(=O)c2sc3ccc(F)cc3c2N)cn1. The van der Waals surface area contributed by atoms with Crippen LogP contribution in [0, 0.1) is 5.82 Å². The summed E-state index contributed by atoms with van der Waals surface area (Å²) in [7, 11) is 0. The van der Waals surface area contributed by atoms with Crippen molar-refractivity contribution in [1.82, 2.24) is 9.78 Å². The molecule has 0 aliphatic carbocycles. The van der Waals surface area contributed by atoms with E-state index in [1.807, 2.05) is 6.92 Å². The first kappa shape index (κ1) is 13.6. The number of hydrogen-bond acceptors (Lipinski definition) is 4.